The molecule has 3 rings (SSSR count). The van der Waals surface area contributed by atoms with Gasteiger partial charge in [0.25, 0.3) is 5.91 Å². The third-order valence-electron chi connectivity index (χ3n) is 2.88. The van der Waals surface area contributed by atoms with Gasteiger partial charge in [0.2, 0.25) is 5.95 Å². The van der Waals surface area contributed by atoms with E-state index in [1.54, 1.807) is 24.4 Å². The standard InChI is InChI=1S/C14H11N3O2/c18-12-10-4-2-1-3-9(10)5-6-11(12)13(19)17-14-15-7-8-16-14/h1-8,18H,(H2,15,16,17,19). The molecule has 5 nitrogen and oxygen atoms in total. The molecule has 94 valence electrons. The lowest BCUT2D eigenvalue weighted by molar-refractivity contribution is 0.102. The second-order valence-electron chi connectivity index (χ2n) is 4.07. The van der Waals surface area contributed by atoms with E-state index in [9.17, 15) is 9.90 Å². The number of hydrogen-bond donors (Lipinski definition) is 3. The molecule has 0 unspecified atom stereocenters. The highest BCUT2D eigenvalue weighted by molar-refractivity contribution is 6.09. The topological polar surface area (TPSA) is 78.0 Å². The highest BCUT2D eigenvalue weighted by atomic mass is 16.3. The van der Waals surface area contributed by atoms with Crippen LogP contribution >= 0.6 is 0 Å². The Morgan fingerprint density at radius 1 is 1.21 bits per heavy atom. The Labute approximate surface area is 108 Å². The van der Waals surface area contributed by atoms with Gasteiger partial charge in [-0.3, -0.25) is 10.1 Å². The molecule has 3 aromatic rings. The molecule has 2 aromatic carbocycles. The molecule has 0 radical (unpaired) electrons. The SMILES string of the molecule is O=C(Nc1ncc[nH]1)c1ccc2ccccc2c1O. The molecule has 1 heterocycles. The van der Waals surface area contributed by atoms with Gasteiger partial charge in [-0.1, -0.05) is 30.3 Å². The maximum absolute atomic E-state index is 12.0. The zero-order chi connectivity index (χ0) is 13.2. The normalized spacial score (nSPS) is 10.5. The molecular formula is C14H11N3O2. The van der Waals surface area contributed by atoms with Crippen LogP contribution in [0.15, 0.2) is 48.8 Å². The lowest BCUT2D eigenvalue weighted by atomic mass is 10.0. The van der Waals surface area contributed by atoms with Crippen molar-refractivity contribution in [3.05, 3.63) is 54.4 Å². The number of nitrogens with one attached hydrogen (secondary N) is 2. The van der Waals surface area contributed by atoms with Crippen LogP contribution in [0.25, 0.3) is 10.8 Å². The number of nitrogens with zero attached hydrogens (tertiary/aromatic N) is 1. The summed E-state index contributed by atoms with van der Waals surface area (Å²) in [5.74, 6) is -0.0853. The fraction of sp³-hybridized carbons (Fsp3) is 0. The molecule has 0 bridgehead atoms. The smallest absolute Gasteiger partial charge is 0.261 e. The third-order valence-corrected chi connectivity index (χ3v) is 2.88. The zero-order valence-electron chi connectivity index (χ0n) is 9.92. The van der Waals surface area contributed by atoms with E-state index < -0.39 is 5.91 Å². The van der Waals surface area contributed by atoms with Crippen LogP contribution in [0.3, 0.4) is 0 Å². The first-order valence-electron chi connectivity index (χ1n) is 5.77. The minimum absolute atomic E-state index is 0.0258. The van der Waals surface area contributed by atoms with Gasteiger partial charge < -0.3 is 10.1 Å². The first-order chi connectivity index (χ1) is 9.25. The summed E-state index contributed by atoms with van der Waals surface area (Å²) in [5, 5.41) is 14.3. The van der Waals surface area contributed by atoms with E-state index >= 15 is 0 Å². The molecule has 0 aliphatic heterocycles. The van der Waals surface area contributed by atoms with Gasteiger partial charge in [0.05, 0.1) is 5.56 Å². The maximum atomic E-state index is 12.0. The molecule has 0 saturated carbocycles. The molecule has 5 heteroatoms. The third kappa shape index (κ3) is 2.01. The van der Waals surface area contributed by atoms with Crippen LogP contribution in [0.5, 0.6) is 5.75 Å². The quantitative estimate of drug-likeness (QED) is 0.656. The molecule has 0 fully saturated rings. The summed E-state index contributed by atoms with van der Waals surface area (Å²) in [6.07, 6.45) is 3.14. The van der Waals surface area contributed by atoms with Crippen LogP contribution in [0, 0.1) is 0 Å². The summed E-state index contributed by atoms with van der Waals surface area (Å²) in [6, 6.07) is 10.7. The number of H-pyrrole nitrogens is 1. The summed E-state index contributed by atoms with van der Waals surface area (Å²) in [5.41, 5.74) is 0.218. The largest absolute Gasteiger partial charge is 0.506 e. The zero-order valence-corrected chi connectivity index (χ0v) is 9.92. The van der Waals surface area contributed by atoms with Gasteiger partial charge in [-0.15, -0.1) is 0 Å². The van der Waals surface area contributed by atoms with Crippen LogP contribution < -0.4 is 5.32 Å². The van der Waals surface area contributed by atoms with Gasteiger partial charge in [-0.2, -0.15) is 0 Å². The van der Waals surface area contributed by atoms with Gasteiger partial charge in [0, 0.05) is 17.8 Å². The van der Waals surface area contributed by atoms with Crippen molar-refractivity contribution in [1.82, 2.24) is 9.97 Å². The number of amides is 1. The minimum atomic E-state index is -0.404. The number of hydrogen-bond acceptors (Lipinski definition) is 3. The maximum Gasteiger partial charge on any atom is 0.261 e. The lowest BCUT2D eigenvalue weighted by Gasteiger charge is -2.07. The highest BCUT2D eigenvalue weighted by Gasteiger charge is 2.14. The highest BCUT2D eigenvalue weighted by Crippen LogP contribution is 2.28. The van der Waals surface area contributed by atoms with Gasteiger partial charge in [-0.05, 0) is 11.5 Å². The van der Waals surface area contributed by atoms with Crippen molar-refractivity contribution in [2.75, 3.05) is 5.32 Å². The number of fused-ring (bicyclic) bond motifs is 1. The fourth-order valence-electron chi connectivity index (χ4n) is 1.95. The van der Waals surface area contributed by atoms with Gasteiger partial charge in [-0.25, -0.2) is 4.98 Å². The summed E-state index contributed by atoms with van der Waals surface area (Å²) < 4.78 is 0. The second-order valence-corrected chi connectivity index (χ2v) is 4.07. The van der Waals surface area contributed by atoms with Gasteiger partial charge in [0.1, 0.15) is 5.75 Å². The van der Waals surface area contributed by atoms with Crippen molar-refractivity contribution in [2.45, 2.75) is 0 Å². The Morgan fingerprint density at radius 3 is 2.84 bits per heavy atom. The van der Waals surface area contributed by atoms with Crippen LogP contribution in [0.1, 0.15) is 10.4 Å². The summed E-state index contributed by atoms with van der Waals surface area (Å²) >= 11 is 0. The van der Waals surface area contributed by atoms with Crippen LogP contribution in [0.4, 0.5) is 5.95 Å². The Balaban J connectivity index is 2.01. The van der Waals surface area contributed by atoms with Crippen LogP contribution in [-0.4, -0.2) is 21.0 Å². The Bertz CT molecular complexity index is 736. The van der Waals surface area contributed by atoms with E-state index in [1.807, 2.05) is 18.2 Å². The molecule has 0 aliphatic carbocycles. The summed E-state index contributed by atoms with van der Waals surface area (Å²) in [7, 11) is 0. The van der Waals surface area contributed by atoms with Crippen LogP contribution in [0.2, 0.25) is 0 Å². The number of aromatic hydroxyl groups is 1. The number of aromatic nitrogens is 2. The van der Waals surface area contributed by atoms with Crippen molar-refractivity contribution in [3.8, 4) is 5.75 Å². The van der Waals surface area contributed by atoms with Crippen molar-refractivity contribution in [3.63, 3.8) is 0 Å². The molecule has 1 amide bonds. The summed E-state index contributed by atoms with van der Waals surface area (Å²) in [4.78, 5) is 18.7. The first-order valence-corrected chi connectivity index (χ1v) is 5.77. The molecule has 0 aliphatic rings. The average Bonchev–Trinajstić information content (AvgIpc) is 2.92. The van der Waals surface area contributed by atoms with E-state index in [4.69, 9.17) is 0 Å². The number of phenols is 1. The van der Waals surface area contributed by atoms with E-state index in [0.717, 1.165) is 5.39 Å². The number of imidazole rings is 1. The van der Waals surface area contributed by atoms with Crippen molar-refractivity contribution < 1.29 is 9.90 Å². The minimum Gasteiger partial charge on any atom is -0.506 e. The number of aromatic amines is 1. The second kappa shape index (κ2) is 4.45. The van der Waals surface area contributed by atoms with Crippen LogP contribution in [-0.2, 0) is 0 Å². The molecule has 0 atom stereocenters. The number of phenolic OH excluding ortho intramolecular Hbond substituents is 1. The first kappa shape index (κ1) is 11.3. The predicted octanol–water partition coefficient (Wildman–Crippen LogP) is 2.52. The number of benzene rings is 2. The van der Waals surface area contributed by atoms with Crippen molar-refractivity contribution in [2.24, 2.45) is 0 Å². The summed E-state index contributed by atoms with van der Waals surface area (Å²) in [6.45, 7) is 0. The molecular weight excluding hydrogens is 242 g/mol. The van der Waals surface area contributed by atoms with E-state index in [0.29, 0.717) is 11.3 Å². The van der Waals surface area contributed by atoms with E-state index in [-0.39, 0.29) is 11.3 Å². The molecule has 1 aromatic heterocycles. The Hall–Kier alpha value is -2.82. The van der Waals surface area contributed by atoms with Gasteiger partial charge >= 0.3 is 0 Å². The fourth-order valence-corrected chi connectivity index (χ4v) is 1.95. The number of anilines is 1. The van der Waals surface area contributed by atoms with Gasteiger partial charge in [0.15, 0.2) is 0 Å². The van der Waals surface area contributed by atoms with Crippen molar-refractivity contribution >= 4 is 22.6 Å². The van der Waals surface area contributed by atoms with Crippen molar-refractivity contribution in [1.29, 1.82) is 0 Å². The molecule has 19 heavy (non-hydrogen) atoms. The van der Waals surface area contributed by atoms with E-state index in [2.05, 4.69) is 15.3 Å². The Morgan fingerprint density at radius 2 is 2.05 bits per heavy atom. The van der Waals surface area contributed by atoms with E-state index in [1.165, 1.54) is 6.20 Å². The predicted molar refractivity (Wildman–Crippen MR) is 72.2 cm³/mol. The average molecular weight is 253 g/mol. The Kier molecular flexibility index (Phi) is 2.64. The lowest BCUT2D eigenvalue weighted by Crippen LogP contribution is -2.13. The molecule has 3 N–H and O–H groups in total. The molecule has 0 spiro atoms. The monoisotopic (exact) mass is 253 g/mol. The molecule has 0 saturated heterocycles. The number of carbonyl (C=O) groups excluding carboxylic acids is 1. The number of rotatable bonds is 2. The number of carbonyl (C=O) groups is 1.